The Labute approximate surface area is 169 Å². The molecule has 1 heterocycles. The van der Waals surface area contributed by atoms with Crippen molar-refractivity contribution in [3.63, 3.8) is 0 Å². The van der Waals surface area contributed by atoms with Crippen LogP contribution in [0.1, 0.15) is 19.4 Å². The molecular formula is C20H24N8O. The molecule has 0 atom stereocenters. The van der Waals surface area contributed by atoms with Crippen LogP contribution in [0.3, 0.4) is 0 Å². The first-order valence-corrected chi connectivity index (χ1v) is 9.34. The number of hydrazine groups is 1. The van der Waals surface area contributed by atoms with E-state index in [1.807, 2.05) is 55.3 Å². The number of hydrogen-bond acceptors (Lipinski definition) is 9. The maximum absolute atomic E-state index is 9.83. The topological polar surface area (TPSA) is 111 Å². The summed E-state index contributed by atoms with van der Waals surface area (Å²) >= 11 is 0. The lowest BCUT2D eigenvalue weighted by Gasteiger charge is -2.19. The van der Waals surface area contributed by atoms with E-state index >= 15 is 0 Å². The number of phenols is 1. The fourth-order valence-electron chi connectivity index (χ4n) is 2.46. The number of nitrogens with one attached hydrogen (secondary N) is 3. The molecule has 0 bridgehead atoms. The molecule has 0 aliphatic heterocycles. The molecule has 0 saturated carbocycles. The van der Waals surface area contributed by atoms with E-state index in [0.717, 1.165) is 18.8 Å². The minimum absolute atomic E-state index is 0.143. The fraction of sp³-hybridized carbons (Fsp3) is 0.200. The Bertz CT molecular complexity index is 944. The van der Waals surface area contributed by atoms with Gasteiger partial charge in [0.2, 0.25) is 17.8 Å². The second kappa shape index (κ2) is 10.00. The highest BCUT2D eigenvalue weighted by molar-refractivity contribution is 5.83. The van der Waals surface area contributed by atoms with E-state index < -0.39 is 0 Å². The van der Waals surface area contributed by atoms with Gasteiger partial charge in [-0.2, -0.15) is 20.1 Å². The minimum Gasteiger partial charge on any atom is -0.507 e. The van der Waals surface area contributed by atoms with Crippen molar-refractivity contribution in [3.05, 3.63) is 60.2 Å². The molecule has 0 saturated heterocycles. The Hall–Kier alpha value is -3.72. The minimum atomic E-state index is 0.143. The van der Waals surface area contributed by atoms with E-state index in [1.54, 1.807) is 18.2 Å². The van der Waals surface area contributed by atoms with E-state index in [2.05, 4.69) is 36.2 Å². The third kappa shape index (κ3) is 5.88. The summed E-state index contributed by atoms with van der Waals surface area (Å²) < 4.78 is 0. The number of phenolic OH excluding ortho intramolecular Hbond substituents is 1. The summed E-state index contributed by atoms with van der Waals surface area (Å²) in [6.07, 6.45) is 1.50. The second-order valence-corrected chi connectivity index (χ2v) is 6.01. The largest absolute Gasteiger partial charge is 0.507 e. The van der Waals surface area contributed by atoms with Crippen molar-refractivity contribution in [2.24, 2.45) is 5.10 Å². The van der Waals surface area contributed by atoms with Crippen LogP contribution in [-0.2, 0) is 0 Å². The zero-order valence-corrected chi connectivity index (χ0v) is 16.4. The van der Waals surface area contributed by atoms with Crippen LogP contribution in [-0.4, -0.2) is 44.4 Å². The first-order chi connectivity index (χ1) is 14.2. The van der Waals surface area contributed by atoms with Gasteiger partial charge in [0.15, 0.2) is 0 Å². The van der Waals surface area contributed by atoms with Crippen LogP contribution in [0.15, 0.2) is 59.7 Å². The lowest BCUT2D eigenvalue weighted by Crippen LogP contribution is -2.30. The summed E-state index contributed by atoms with van der Waals surface area (Å²) in [6, 6.07) is 16.5. The van der Waals surface area contributed by atoms with Gasteiger partial charge in [-0.1, -0.05) is 44.2 Å². The highest BCUT2D eigenvalue weighted by Crippen LogP contribution is 2.16. The quantitative estimate of drug-likeness (QED) is 0.324. The zero-order valence-electron chi connectivity index (χ0n) is 16.4. The number of nitrogens with zero attached hydrogens (tertiary/aromatic N) is 5. The van der Waals surface area contributed by atoms with E-state index in [0.29, 0.717) is 17.5 Å². The third-order valence-corrected chi connectivity index (χ3v) is 3.99. The summed E-state index contributed by atoms with van der Waals surface area (Å²) in [4.78, 5) is 13.2. The van der Waals surface area contributed by atoms with Gasteiger partial charge in [-0.05, 0) is 24.3 Å². The molecule has 0 radical (unpaired) electrons. The van der Waals surface area contributed by atoms with Crippen molar-refractivity contribution in [1.29, 1.82) is 0 Å². The lowest BCUT2D eigenvalue weighted by molar-refractivity contribution is 0.363. The summed E-state index contributed by atoms with van der Waals surface area (Å²) in [6.45, 7) is 5.66. The van der Waals surface area contributed by atoms with Crippen molar-refractivity contribution in [2.75, 3.05) is 29.3 Å². The van der Waals surface area contributed by atoms with Gasteiger partial charge >= 0.3 is 0 Å². The predicted octanol–water partition coefficient (Wildman–Crippen LogP) is 3.44. The monoisotopic (exact) mass is 392 g/mol. The molecule has 3 rings (SSSR count). The van der Waals surface area contributed by atoms with Crippen molar-refractivity contribution in [1.82, 2.24) is 20.0 Å². The van der Waals surface area contributed by atoms with Crippen LogP contribution in [0.4, 0.5) is 23.5 Å². The fourth-order valence-corrected chi connectivity index (χ4v) is 2.46. The summed E-state index contributed by atoms with van der Waals surface area (Å²) in [5.74, 6) is 1.17. The average Bonchev–Trinajstić information content (AvgIpc) is 2.74. The molecule has 0 aliphatic rings. The highest BCUT2D eigenvalue weighted by Gasteiger charge is 2.09. The molecule has 0 fully saturated rings. The van der Waals surface area contributed by atoms with Crippen LogP contribution in [0.2, 0.25) is 0 Å². The molecule has 0 aliphatic carbocycles. The van der Waals surface area contributed by atoms with Gasteiger partial charge in [-0.3, -0.25) is 5.43 Å². The zero-order chi connectivity index (χ0) is 20.5. The number of hydrogen-bond donors (Lipinski definition) is 4. The van der Waals surface area contributed by atoms with Crippen molar-refractivity contribution in [2.45, 2.75) is 13.8 Å². The summed E-state index contributed by atoms with van der Waals surface area (Å²) in [5.41, 5.74) is 7.39. The van der Waals surface area contributed by atoms with E-state index in [4.69, 9.17) is 0 Å². The molecule has 29 heavy (non-hydrogen) atoms. The maximum Gasteiger partial charge on any atom is 0.250 e. The molecule has 150 valence electrons. The first-order valence-electron chi connectivity index (χ1n) is 9.34. The molecule has 2 aromatic carbocycles. The van der Waals surface area contributed by atoms with Crippen molar-refractivity contribution >= 4 is 29.7 Å². The van der Waals surface area contributed by atoms with Gasteiger partial charge in [-0.15, -0.1) is 0 Å². The van der Waals surface area contributed by atoms with Crippen LogP contribution in [0, 0.1) is 0 Å². The molecule has 1 aromatic heterocycles. The van der Waals surface area contributed by atoms with Crippen molar-refractivity contribution in [3.8, 4) is 5.75 Å². The Kier molecular flexibility index (Phi) is 6.90. The molecular weight excluding hydrogens is 368 g/mol. The Morgan fingerprint density at radius 2 is 1.55 bits per heavy atom. The summed E-state index contributed by atoms with van der Waals surface area (Å²) in [5, 5.41) is 19.1. The van der Waals surface area contributed by atoms with Crippen LogP contribution >= 0.6 is 0 Å². The molecule has 4 N–H and O–H groups in total. The number of rotatable bonds is 9. The molecule has 0 amide bonds. The van der Waals surface area contributed by atoms with Crippen molar-refractivity contribution < 1.29 is 5.11 Å². The van der Waals surface area contributed by atoms with Gasteiger partial charge in [-0.25, -0.2) is 10.4 Å². The number of para-hydroxylation sites is 2. The lowest BCUT2D eigenvalue weighted by atomic mass is 10.2. The SMILES string of the molecule is CCN(CC)Nc1nc(N/N=C/c2ccccc2O)nc(Nc2ccccc2)n1. The van der Waals surface area contributed by atoms with Gasteiger partial charge in [0, 0.05) is 24.3 Å². The van der Waals surface area contributed by atoms with Crippen LogP contribution in [0.25, 0.3) is 0 Å². The van der Waals surface area contributed by atoms with Gasteiger partial charge in [0.1, 0.15) is 5.75 Å². The highest BCUT2D eigenvalue weighted by atomic mass is 16.3. The smallest absolute Gasteiger partial charge is 0.250 e. The number of anilines is 4. The van der Waals surface area contributed by atoms with Crippen LogP contribution < -0.4 is 16.2 Å². The number of benzene rings is 2. The third-order valence-electron chi connectivity index (χ3n) is 3.99. The molecule has 0 unspecified atom stereocenters. The first kappa shape index (κ1) is 20.0. The maximum atomic E-state index is 9.83. The molecule has 9 heteroatoms. The standard InChI is InChI=1S/C20H24N8O/c1-3-28(4-2)27-20-24-18(22-16-11-6-5-7-12-16)23-19(25-20)26-21-14-15-10-8-9-13-17(15)29/h5-14,29H,3-4H2,1-2H3,(H3,22,23,24,25,26,27)/b21-14+. The van der Waals surface area contributed by atoms with Gasteiger partial charge in [0.05, 0.1) is 6.21 Å². The average molecular weight is 392 g/mol. The Morgan fingerprint density at radius 1 is 0.897 bits per heavy atom. The number of hydrazone groups is 1. The molecule has 0 spiro atoms. The Morgan fingerprint density at radius 3 is 2.28 bits per heavy atom. The summed E-state index contributed by atoms with van der Waals surface area (Å²) in [7, 11) is 0. The molecule has 3 aromatic rings. The van der Waals surface area contributed by atoms with Gasteiger partial charge < -0.3 is 10.4 Å². The van der Waals surface area contributed by atoms with Crippen LogP contribution in [0.5, 0.6) is 5.75 Å². The van der Waals surface area contributed by atoms with E-state index in [-0.39, 0.29) is 11.7 Å². The van der Waals surface area contributed by atoms with E-state index in [1.165, 1.54) is 6.21 Å². The number of aromatic hydroxyl groups is 1. The Balaban J connectivity index is 1.82. The predicted molar refractivity (Wildman–Crippen MR) is 115 cm³/mol. The van der Waals surface area contributed by atoms with E-state index in [9.17, 15) is 5.11 Å². The molecule has 9 nitrogen and oxygen atoms in total. The second-order valence-electron chi connectivity index (χ2n) is 6.01. The number of aromatic nitrogens is 3. The normalized spacial score (nSPS) is 11.0. The van der Waals surface area contributed by atoms with Gasteiger partial charge in [0.25, 0.3) is 0 Å².